The lowest BCUT2D eigenvalue weighted by Crippen LogP contribution is -2.50. The molecule has 1 amide bonds. The van der Waals surface area contributed by atoms with Gasteiger partial charge in [0.1, 0.15) is 12.3 Å². The number of carbonyl (C=O) groups is 1. The van der Waals surface area contributed by atoms with E-state index in [4.69, 9.17) is 4.74 Å². The summed E-state index contributed by atoms with van der Waals surface area (Å²) in [5.41, 5.74) is 2.80. The summed E-state index contributed by atoms with van der Waals surface area (Å²) in [6.07, 6.45) is 4.88. The lowest BCUT2D eigenvalue weighted by Gasteiger charge is -2.39. The van der Waals surface area contributed by atoms with Crippen molar-refractivity contribution in [2.75, 3.05) is 25.0 Å². The van der Waals surface area contributed by atoms with Crippen LogP contribution in [-0.2, 0) is 11.8 Å². The van der Waals surface area contributed by atoms with Gasteiger partial charge in [-0.3, -0.25) is 14.4 Å². The van der Waals surface area contributed by atoms with Gasteiger partial charge in [-0.25, -0.2) is 8.91 Å². The van der Waals surface area contributed by atoms with E-state index in [0.29, 0.717) is 41.0 Å². The van der Waals surface area contributed by atoms with Gasteiger partial charge in [-0.2, -0.15) is 5.10 Å². The van der Waals surface area contributed by atoms with Gasteiger partial charge in [-0.1, -0.05) is 37.3 Å². The Morgan fingerprint density at radius 3 is 2.83 bits per heavy atom. The zero-order valence-corrected chi connectivity index (χ0v) is 20.4. The molecule has 1 aliphatic heterocycles. The fraction of sp³-hybridized carbons (Fsp3) is 0.370. The Labute approximate surface area is 208 Å². The third kappa shape index (κ3) is 4.13. The van der Waals surface area contributed by atoms with E-state index in [1.54, 1.807) is 30.1 Å². The highest BCUT2D eigenvalue weighted by atomic mass is 19.1. The van der Waals surface area contributed by atoms with Crippen molar-refractivity contribution in [2.24, 2.45) is 13.0 Å². The fourth-order valence-corrected chi connectivity index (χ4v) is 5.14. The summed E-state index contributed by atoms with van der Waals surface area (Å²) in [4.78, 5) is 15.1. The average molecular weight is 489 g/mol. The Morgan fingerprint density at radius 2 is 2.08 bits per heavy atom. The number of anilines is 1. The second kappa shape index (κ2) is 9.05. The number of hydrogen-bond donors (Lipinski definition) is 1. The third-order valence-electron chi connectivity index (χ3n) is 7.42. The number of nitrogens with one attached hydrogen (secondary N) is 1. The van der Waals surface area contributed by atoms with Gasteiger partial charge in [0.05, 0.1) is 17.9 Å². The summed E-state index contributed by atoms with van der Waals surface area (Å²) in [7, 11) is 1.77. The number of halogens is 1. The number of fused-ring (bicyclic) bond motifs is 1. The van der Waals surface area contributed by atoms with Crippen molar-refractivity contribution in [1.82, 2.24) is 24.3 Å². The van der Waals surface area contributed by atoms with Crippen LogP contribution < -0.4 is 10.1 Å². The van der Waals surface area contributed by atoms with Crippen molar-refractivity contribution in [3.63, 3.8) is 0 Å². The number of hydrogen-bond acceptors (Lipinski definition) is 5. The first-order valence-electron chi connectivity index (χ1n) is 12.5. The molecule has 1 saturated heterocycles. The summed E-state index contributed by atoms with van der Waals surface area (Å²) in [5, 5.41) is 11.6. The first-order valence-corrected chi connectivity index (χ1v) is 12.5. The van der Waals surface area contributed by atoms with E-state index in [9.17, 15) is 4.79 Å². The predicted octanol–water partition coefficient (Wildman–Crippen LogP) is 4.09. The van der Waals surface area contributed by atoms with Crippen LogP contribution in [0.3, 0.4) is 0 Å². The van der Waals surface area contributed by atoms with Gasteiger partial charge in [0.25, 0.3) is 0 Å². The van der Waals surface area contributed by atoms with Gasteiger partial charge in [0.15, 0.2) is 17.4 Å². The lowest BCUT2D eigenvalue weighted by atomic mass is 10.0. The smallest absolute Gasteiger partial charge is 0.229 e. The molecule has 3 aromatic heterocycles. The van der Waals surface area contributed by atoms with Crippen LogP contribution in [0.15, 0.2) is 54.9 Å². The van der Waals surface area contributed by atoms with Gasteiger partial charge in [-0.05, 0) is 36.9 Å². The fourth-order valence-electron chi connectivity index (χ4n) is 5.14. The van der Waals surface area contributed by atoms with E-state index in [2.05, 4.69) is 39.5 Å². The van der Waals surface area contributed by atoms with Crippen molar-refractivity contribution in [2.45, 2.75) is 31.7 Å². The molecule has 0 radical (unpaired) electrons. The highest BCUT2D eigenvalue weighted by molar-refractivity contribution is 5.95. The molecule has 4 aromatic rings. The normalized spacial score (nSPS) is 21.4. The standard InChI is InChI=1S/C27H29FN6O2/c1-3-33-10-9-18(33)16-36-24-14-29-32(2)26(24)22-11-19-12-25(31-34(19)15-23(22)28)30-27(35)21-13-20(21)17-7-5-4-6-8-17/h4-8,11-12,14-15,18,20-21H,3,9-10,13,16H2,1-2H3,(H,30,31,35)/t18-,20-,21-/m1/s1. The molecule has 0 spiro atoms. The van der Waals surface area contributed by atoms with Crippen molar-refractivity contribution in [3.8, 4) is 17.0 Å². The highest BCUT2D eigenvalue weighted by Crippen LogP contribution is 2.47. The van der Waals surface area contributed by atoms with Gasteiger partial charge < -0.3 is 10.1 Å². The number of aryl methyl sites for hydroxylation is 1. The van der Waals surface area contributed by atoms with Gasteiger partial charge in [-0.15, -0.1) is 5.10 Å². The van der Waals surface area contributed by atoms with Crippen LogP contribution in [0.1, 0.15) is 31.2 Å². The molecule has 9 heteroatoms. The van der Waals surface area contributed by atoms with Crippen molar-refractivity contribution in [3.05, 3.63) is 66.2 Å². The number of nitrogens with zero attached hydrogens (tertiary/aromatic N) is 5. The molecule has 36 heavy (non-hydrogen) atoms. The minimum atomic E-state index is -0.443. The average Bonchev–Trinajstić information content (AvgIpc) is 3.46. The molecule has 1 aliphatic carbocycles. The lowest BCUT2D eigenvalue weighted by molar-refractivity contribution is -0.117. The van der Waals surface area contributed by atoms with Crippen LogP contribution in [0.2, 0.25) is 0 Å². The quantitative estimate of drug-likeness (QED) is 0.404. The summed E-state index contributed by atoms with van der Waals surface area (Å²) in [5.74, 6) is 0.617. The number of likely N-dealkylation sites (N-methyl/N-ethyl adjacent to an activating group) is 1. The van der Waals surface area contributed by atoms with E-state index in [1.165, 1.54) is 16.3 Å². The van der Waals surface area contributed by atoms with E-state index >= 15 is 4.39 Å². The molecule has 3 atom stereocenters. The maximum absolute atomic E-state index is 15.2. The van der Waals surface area contributed by atoms with Crippen LogP contribution in [0.25, 0.3) is 16.8 Å². The number of likely N-dealkylation sites (tertiary alicyclic amines) is 1. The molecule has 6 rings (SSSR count). The monoisotopic (exact) mass is 488 g/mol. The largest absolute Gasteiger partial charge is 0.488 e. The van der Waals surface area contributed by atoms with Crippen molar-refractivity contribution >= 4 is 17.2 Å². The van der Waals surface area contributed by atoms with E-state index in [0.717, 1.165) is 25.9 Å². The molecule has 8 nitrogen and oxygen atoms in total. The van der Waals surface area contributed by atoms with E-state index in [-0.39, 0.29) is 17.7 Å². The number of ether oxygens (including phenoxy) is 1. The second-order valence-corrected chi connectivity index (χ2v) is 9.65. The zero-order valence-electron chi connectivity index (χ0n) is 20.4. The van der Waals surface area contributed by atoms with Crippen molar-refractivity contribution < 1.29 is 13.9 Å². The molecular weight excluding hydrogens is 459 g/mol. The molecule has 2 fully saturated rings. The molecule has 1 aromatic carbocycles. The van der Waals surface area contributed by atoms with Crippen LogP contribution in [-0.4, -0.2) is 55.9 Å². The topological polar surface area (TPSA) is 76.7 Å². The van der Waals surface area contributed by atoms with Gasteiger partial charge >= 0.3 is 0 Å². The summed E-state index contributed by atoms with van der Waals surface area (Å²) >= 11 is 0. The Kier molecular flexibility index (Phi) is 5.72. The van der Waals surface area contributed by atoms with E-state index < -0.39 is 5.82 Å². The van der Waals surface area contributed by atoms with Crippen LogP contribution >= 0.6 is 0 Å². The summed E-state index contributed by atoms with van der Waals surface area (Å²) in [6.45, 7) is 4.77. The molecular formula is C27H29FN6O2. The summed E-state index contributed by atoms with van der Waals surface area (Å²) in [6, 6.07) is 13.9. The van der Waals surface area contributed by atoms with Crippen molar-refractivity contribution in [1.29, 1.82) is 0 Å². The second-order valence-electron chi connectivity index (χ2n) is 9.65. The first kappa shape index (κ1) is 22.7. The molecule has 1 saturated carbocycles. The number of pyridine rings is 1. The van der Waals surface area contributed by atoms with E-state index in [1.807, 2.05) is 18.2 Å². The molecule has 1 N–H and O–H groups in total. The SMILES string of the molecule is CCN1CC[C@@H]1COc1cnn(C)c1-c1cc2cc(NC(=O)[C@@H]3C[C@@H]3c3ccccc3)nn2cc1F. The number of amides is 1. The first-order chi connectivity index (χ1) is 17.5. The van der Waals surface area contributed by atoms with Crippen LogP contribution in [0.5, 0.6) is 5.75 Å². The Hall–Kier alpha value is -3.72. The third-order valence-corrected chi connectivity index (χ3v) is 7.42. The van der Waals surface area contributed by atoms with Crippen LogP contribution in [0, 0.1) is 11.7 Å². The number of carbonyl (C=O) groups excluding carboxylic acids is 1. The molecule has 186 valence electrons. The maximum Gasteiger partial charge on any atom is 0.229 e. The molecule has 2 aliphatic rings. The Morgan fingerprint density at radius 1 is 1.25 bits per heavy atom. The van der Waals surface area contributed by atoms with Gasteiger partial charge in [0, 0.05) is 37.2 Å². The molecule has 0 unspecified atom stereocenters. The minimum Gasteiger partial charge on any atom is -0.488 e. The highest BCUT2D eigenvalue weighted by Gasteiger charge is 2.44. The minimum absolute atomic E-state index is 0.0626. The number of benzene rings is 1. The number of aromatic nitrogens is 4. The number of rotatable bonds is 8. The Balaban J connectivity index is 1.20. The van der Waals surface area contributed by atoms with Gasteiger partial charge in [0.2, 0.25) is 5.91 Å². The van der Waals surface area contributed by atoms with Crippen LogP contribution in [0.4, 0.5) is 10.2 Å². The maximum atomic E-state index is 15.2. The predicted molar refractivity (Wildman–Crippen MR) is 134 cm³/mol. The zero-order chi connectivity index (χ0) is 24.8. The Bertz CT molecular complexity index is 1410. The summed E-state index contributed by atoms with van der Waals surface area (Å²) < 4.78 is 24.4. The molecule has 0 bridgehead atoms. The molecule has 4 heterocycles.